The molecule has 88 valence electrons. The summed E-state index contributed by atoms with van der Waals surface area (Å²) in [5, 5.41) is 0. The summed E-state index contributed by atoms with van der Waals surface area (Å²) in [7, 11) is 0. The molecule has 0 aliphatic heterocycles. The summed E-state index contributed by atoms with van der Waals surface area (Å²) in [6.07, 6.45) is 5.94. The first-order valence-electron chi connectivity index (χ1n) is 5.88. The molecule has 17 heavy (non-hydrogen) atoms. The van der Waals surface area contributed by atoms with Crippen LogP contribution in [0.25, 0.3) is 0 Å². The van der Waals surface area contributed by atoms with E-state index in [1.54, 1.807) is 12.1 Å². The van der Waals surface area contributed by atoms with Crippen molar-refractivity contribution < 1.29 is 9.63 Å². The SMILES string of the molecule is O=C(ONC1CCCCC1)c1ccccc1.[NaH]. The van der Waals surface area contributed by atoms with Gasteiger partial charge in [0, 0.05) is 6.04 Å². The van der Waals surface area contributed by atoms with Crippen molar-refractivity contribution in [2.45, 2.75) is 38.1 Å². The molecule has 0 unspecified atom stereocenters. The van der Waals surface area contributed by atoms with Crippen molar-refractivity contribution in [1.82, 2.24) is 5.48 Å². The second kappa shape index (κ2) is 7.88. The van der Waals surface area contributed by atoms with Crippen LogP contribution in [-0.4, -0.2) is 41.6 Å². The normalized spacial score (nSPS) is 16.0. The third kappa shape index (κ3) is 4.80. The van der Waals surface area contributed by atoms with E-state index in [1.165, 1.54) is 19.3 Å². The van der Waals surface area contributed by atoms with Crippen molar-refractivity contribution in [3.63, 3.8) is 0 Å². The van der Waals surface area contributed by atoms with Gasteiger partial charge in [-0.2, -0.15) is 0 Å². The zero-order valence-corrected chi connectivity index (χ0v) is 9.32. The molecule has 0 spiro atoms. The Morgan fingerprint density at radius 2 is 1.76 bits per heavy atom. The van der Waals surface area contributed by atoms with Crippen molar-refractivity contribution in [3.8, 4) is 0 Å². The summed E-state index contributed by atoms with van der Waals surface area (Å²) in [5.41, 5.74) is 3.46. The van der Waals surface area contributed by atoms with Crippen LogP contribution in [0.4, 0.5) is 0 Å². The molecule has 3 nitrogen and oxygen atoms in total. The quantitative estimate of drug-likeness (QED) is 0.652. The molecule has 0 atom stereocenters. The topological polar surface area (TPSA) is 38.3 Å². The van der Waals surface area contributed by atoms with Crippen LogP contribution in [0.2, 0.25) is 0 Å². The molecule has 0 bridgehead atoms. The molecule has 1 fully saturated rings. The number of carbonyl (C=O) groups is 1. The van der Waals surface area contributed by atoms with Crippen LogP contribution in [0.3, 0.4) is 0 Å². The van der Waals surface area contributed by atoms with Crippen LogP contribution in [0.1, 0.15) is 42.5 Å². The number of carbonyl (C=O) groups excluding carboxylic acids is 1. The molecule has 0 saturated heterocycles. The molecule has 1 saturated carbocycles. The zero-order valence-electron chi connectivity index (χ0n) is 9.32. The molecular weight excluding hydrogens is 225 g/mol. The molecule has 1 aromatic carbocycles. The van der Waals surface area contributed by atoms with Crippen LogP contribution >= 0.6 is 0 Å². The monoisotopic (exact) mass is 243 g/mol. The van der Waals surface area contributed by atoms with E-state index in [1.807, 2.05) is 18.2 Å². The Balaban J connectivity index is 0.00000144. The number of hydrogen-bond donors (Lipinski definition) is 1. The Kier molecular flexibility index (Phi) is 6.82. The van der Waals surface area contributed by atoms with Gasteiger partial charge in [-0.25, -0.2) is 4.79 Å². The van der Waals surface area contributed by atoms with E-state index in [0.29, 0.717) is 11.6 Å². The van der Waals surface area contributed by atoms with Gasteiger partial charge in [-0.1, -0.05) is 37.5 Å². The molecule has 0 radical (unpaired) electrons. The Hall–Kier alpha value is -0.350. The number of hydroxylamine groups is 1. The molecule has 0 heterocycles. The van der Waals surface area contributed by atoms with Gasteiger partial charge in [-0.05, 0) is 25.0 Å². The van der Waals surface area contributed by atoms with Crippen molar-refractivity contribution in [2.75, 3.05) is 0 Å². The van der Waals surface area contributed by atoms with Crippen molar-refractivity contribution in [2.24, 2.45) is 0 Å². The summed E-state index contributed by atoms with van der Waals surface area (Å²) >= 11 is 0. The Morgan fingerprint density at radius 3 is 2.41 bits per heavy atom. The Bertz CT molecular complexity index is 337. The van der Waals surface area contributed by atoms with Gasteiger partial charge < -0.3 is 4.84 Å². The molecule has 1 aliphatic carbocycles. The van der Waals surface area contributed by atoms with E-state index in [2.05, 4.69) is 5.48 Å². The van der Waals surface area contributed by atoms with Gasteiger partial charge in [-0.15, -0.1) is 5.48 Å². The van der Waals surface area contributed by atoms with E-state index in [0.717, 1.165) is 12.8 Å². The summed E-state index contributed by atoms with van der Waals surface area (Å²) in [5.74, 6) is -0.300. The van der Waals surface area contributed by atoms with E-state index >= 15 is 0 Å². The molecule has 1 aliphatic rings. The Morgan fingerprint density at radius 1 is 1.12 bits per heavy atom. The summed E-state index contributed by atoms with van der Waals surface area (Å²) in [4.78, 5) is 16.7. The van der Waals surface area contributed by atoms with Gasteiger partial charge in [0.25, 0.3) is 0 Å². The zero-order chi connectivity index (χ0) is 11.2. The fraction of sp³-hybridized carbons (Fsp3) is 0.462. The van der Waals surface area contributed by atoms with Crippen molar-refractivity contribution in [1.29, 1.82) is 0 Å². The maximum absolute atomic E-state index is 11.6. The van der Waals surface area contributed by atoms with Crippen LogP contribution in [0, 0.1) is 0 Å². The number of rotatable bonds is 3. The van der Waals surface area contributed by atoms with Gasteiger partial charge >= 0.3 is 35.5 Å². The van der Waals surface area contributed by atoms with E-state index in [9.17, 15) is 4.79 Å². The minimum atomic E-state index is -0.300. The summed E-state index contributed by atoms with van der Waals surface area (Å²) in [6, 6.07) is 9.39. The van der Waals surface area contributed by atoms with Gasteiger partial charge in [-0.3, -0.25) is 0 Å². The average Bonchev–Trinajstić information content (AvgIpc) is 2.38. The number of hydrogen-bond acceptors (Lipinski definition) is 3. The van der Waals surface area contributed by atoms with E-state index < -0.39 is 0 Å². The van der Waals surface area contributed by atoms with Crippen LogP contribution in [-0.2, 0) is 4.84 Å². The van der Waals surface area contributed by atoms with Crippen LogP contribution in [0.15, 0.2) is 30.3 Å². The van der Waals surface area contributed by atoms with Gasteiger partial charge in [0.2, 0.25) is 0 Å². The maximum atomic E-state index is 11.6. The third-order valence-corrected chi connectivity index (χ3v) is 2.93. The second-order valence-corrected chi connectivity index (χ2v) is 4.21. The number of nitrogens with one attached hydrogen (secondary N) is 1. The van der Waals surface area contributed by atoms with Gasteiger partial charge in [0.15, 0.2) is 0 Å². The average molecular weight is 243 g/mol. The fourth-order valence-electron chi connectivity index (χ4n) is 1.99. The molecule has 2 rings (SSSR count). The minimum absolute atomic E-state index is 0. The molecule has 4 heteroatoms. The first-order valence-corrected chi connectivity index (χ1v) is 5.88. The first-order chi connectivity index (χ1) is 7.86. The standard InChI is InChI=1S/C13H17NO2.Na.H/c15-13(11-7-3-1-4-8-11)16-14-12-9-5-2-6-10-12;;/h1,3-4,7-8,12,14H,2,5-6,9-10H2;;. The first kappa shape index (κ1) is 14.7. The predicted octanol–water partition coefficient (Wildman–Crippen LogP) is 2.03. The fourth-order valence-corrected chi connectivity index (χ4v) is 1.99. The van der Waals surface area contributed by atoms with Gasteiger partial charge in [0.05, 0.1) is 5.56 Å². The third-order valence-electron chi connectivity index (χ3n) is 2.93. The van der Waals surface area contributed by atoms with Crippen molar-refractivity contribution >= 4 is 35.5 Å². The molecule has 1 aromatic rings. The second-order valence-electron chi connectivity index (χ2n) is 4.21. The summed E-state index contributed by atoms with van der Waals surface area (Å²) < 4.78 is 0. The van der Waals surface area contributed by atoms with Gasteiger partial charge in [0.1, 0.15) is 0 Å². The predicted molar refractivity (Wildman–Crippen MR) is 69.0 cm³/mol. The summed E-state index contributed by atoms with van der Waals surface area (Å²) in [6.45, 7) is 0. The van der Waals surface area contributed by atoms with Crippen LogP contribution < -0.4 is 5.48 Å². The van der Waals surface area contributed by atoms with E-state index in [4.69, 9.17) is 4.84 Å². The van der Waals surface area contributed by atoms with Crippen LogP contribution in [0.5, 0.6) is 0 Å². The van der Waals surface area contributed by atoms with E-state index in [-0.39, 0.29) is 35.5 Å². The molecule has 1 N–H and O–H groups in total. The Labute approximate surface area is 124 Å². The molecule has 0 aromatic heterocycles. The molecule has 0 amide bonds. The van der Waals surface area contributed by atoms with Crippen molar-refractivity contribution in [3.05, 3.63) is 35.9 Å². The number of benzene rings is 1. The molecular formula is C13H18NNaO2.